The van der Waals surface area contributed by atoms with Gasteiger partial charge in [-0.3, -0.25) is 0 Å². The maximum atomic E-state index is 11.2. The van der Waals surface area contributed by atoms with Crippen LogP contribution in [-0.2, 0) is 6.42 Å². The Kier molecular flexibility index (Phi) is 2.74. The Balaban J connectivity index is 2.29. The highest BCUT2D eigenvalue weighted by atomic mass is 16.1. The molecule has 6 nitrogen and oxygen atoms in total. The molecule has 0 radical (unpaired) electrons. The van der Waals surface area contributed by atoms with Crippen molar-refractivity contribution in [1.29, 1.82) is 0 Å². The average Bonchev–Trinajstić information content (AvgIpc) is 2.60. The number of nitrogens with zero attached hydrogens (tertiary/aromatic N) is 3. The fourth-order valence-electron chi connectivity index (χ4n) is 1.44. The molecule has 3 N–H and O–H groups in total. The first kappa shape index (κ1) is 10.8. The molecule has 6 heteroatoms. The second-order valence-corrected chi connectivity index (χ2v) is 4.25. The number of H-pyrrole nitrogens is 1. The third-order valence-corrected chi connectivity index (χ3v) is 2.67. The lowest BCUT2D eigenvalue weighted by molar-refractivity contribution is 0.486. The Morgan fingerprint density at radius 1 is 1.56 bits per heavy atom. The molecule has 2 aromatic rings. The number of fused-ring (bicyclic) bond motifs is 1. The maximum absolute atomic E-state index is 11.2. The van der Waals surface area contributed by atoms with Gasteiger partial charge in [0, 0.05) is 24.2 Å². The third-order valence-electron chi connectivity index (χ3n) is 2.67. The lowest BCUT2D eigenvalue weighted by Gasteiger charge is -2.14. The molecule has 0 amide bonds. The third kappa shape index (κ3) is 1.96. The van der Waals surface area contributed by atoms with Crippen LogP contribution in [0.2, 0.25) is 0 Å². The van der Waals surface area contributed by atoms with E-state index < -0.39 is 0 Å². The van der Waals surface area contributed by atoms with E-state index in [0.29, 0.717) is 18.0 Å². The predicted molar refractivity (Wildman–Crippen MR) is 60.1 cm³/mol. The summed E-state index contributed by atoms with van der Waals surface area (Å²) in [6.45, 7) is 4.14. The molecule has 2 heterocycles. The van der Waals surface area contributed by atoms with E-state index in [1.165, 1.54) is 10.7 Å². The lowest BCUT2D eigenvalue weighted by Crippen LogP contribution is -2.29. The Hall–Kier alpha value is -1.69. The normalized spacial score (nSPS) is 13.5. The van der Waals surface area contributed by atoms with Crippen molar-refractivity contribution in [2.75, 3.05) is 0 Å². The SMILES string of the molecule is CC(C)C(N)Cc1cc2n[nH]c(=O)n2cn1. The van der Waals surface area contributed by atoms with Crippen LogP contribution in [0.5, 0.6) is 0 Å². The van der Waals surface area contributed by atoms with Crippen LogP contribution in [0.3, 0.4) is 0 Å². The molecule has 0 aliphatic carbocycles. The Morgan fingerprint density at radius 3 is 3.00 bits per heavy atom. The van der Waals surface area contributed by atoms with Crippen molar-refractivity contribution in [2.45, 2.75) is 26.3 Å². The predicted octanol–water partition coefficient (Wildman–Crippen LogP) is -0.0566. The van der Waals surface area contributed by atoms with Crippen LogP contribution >= 0.6 is 0 Å². The smallest absolute Gasteiger partial charge is 0.327 e. The van der Waals surface area contributed by atoms with Crippen molar-refractivity contribution in [3.05, 3.63) is 28.6 Å². The summed E-state index contributed by atoms with van der Waals surface area (Å²) < 4.78 is 1.37. The number of rotatable bonds is 3. The van der Waals surface area contributed by atoms with Crippen LogP contribution in [0.25, 0.3) is 5.65 Å². The number of nitrogens with one attached hydrogen (secondary N) is 1. The fraction of sp³-hybridized carbons (Fsp3) is 0.500. The summed E-state index contributed by atoms with van der Waals surface area (Å²) in [6, 6.07) is 1.85. The van der Waals surface area contributed by atoms with Gasteiger partial charge in [0.2, 0.25) is 0 Å². The van der Waals surface area contributed by atoms with Crippen molar-refractivity contribution in [1.82, 2.24) is 19.6 Å². The second kappa shape index (κ2) is 4.05. The van der Waals surface area contributed by atoms with E-state index in [-0.39, 0.29) is 11.7 Å². The molecule has 0 bridgehead atoms. The molecule has 0 spiro atoms. The quantitative estimate of drug-likeness (QED) is 0.760. The highest BCUT2D eigenvalue weighted by Crippen LogP contribution is 2.06. The van der Waals surface area contributed by atoms with Crippen LogP contribution in [-0.4, -0.2) is 25.6 Å². The summed E-state index contributed by atoms with van der Waals surface area (Å²) in [5.41, 5.74) is 7.11. The number of nitrogens with two attached hydrogens (primary N) is 1. The number of hydrogen-bond donors (Lipinski definition) is 2. The average molecular weight is 221 g/mol. The molecule has 16 heavy (non-hydrogen) atoms. The molecule has 1 unspecified atom stereocenters. The molecule has 0 aromatic carbocycles. The number of hydrogen-bond acceptors (Lipinski definition) is 4. The van der Waals surface area contributed by atoms with E-state index in [9.17, 15) is 4.79 Å². The molecule has 86 valence electrons. The van der Waals surface area contributed by atoms with Gasteiger partial charge in [-0.25, -0.2) is 19.3 Å². The molecule has 2 aromatic heterocycles. The summed E-state index contributed by atoms with van der Waals surface area (Å²) >= 11 is 0. The molecule has 0 saturated heterocycles. The van der Waals surface area contributed by atoms with Crippen molar-refractivity contribution in [3.63, 3.8) is 0 Å². The second-order valence-electron chi connectivity index (χ2n) is 4.25. The summed E-state index contributed by atoms with van der Waals surface area (Å²) in [5.74, 6) is 0.402. The van der Waals surface area contributed by atoms with Crippen molar-refractivity contribution >= 4 is 5.65 Å². The van der Waals surface area contributed by atoms with Crippen LogP contribution in [0, 0.1) is 5.92 Å². The highest BCUT2D eigenvalue weighted by Gasteiger charge is 2.10. The topological polar surface area (TPSA) is 89.1 Å². The summed E-state index contributed by atoms with van der Waals surface area (Å²) in [4.78, 5) is 15.4. The molecular formula is C10H15N5O. The van der Waals surface area contributed by atoms with Gasteiger partial charge >= 0.3 is 5.69 Å². The van der Waals surface area contributed by atoms with Crippen LogP contribution < -0.4 is 11.4 Å². The van der Waals surface area contributed by atoms with E-state index in [4.69, 9.17) is 5.73 Å². The van der Waals surface area contributed by atoms with E-state index in [1.807, 2.05) is 0 Å². The minimum Gasteiger partial charge on any atom is -0.327 e. The van der Waals surface area contributed by atoms with Crippen molar-refractivity contribution in [3.8, 4) is 0 Å². The van der Waals surface area contributed by atoms with Gasteiger partial charge in [0.05, 0.1) is 0 Å². The van der Waals surface area contributed by atoms with E-state index in [0.717, 1.165) is 5.69 Å². The first-order valence-electron chi connectivity index (χ1n) is 5.25. The first-order chi connectivity index (χ1) is 7.58. The Labute approximate surface area is 92.5 Å². The van der Waals surface area contributed by atoms with Gasteiger partial charge in [-0.2, -0.15) is 5.10 Å². The summed E-state index contributed by atoms with van der Waals surface area (Å²) in [6.07, 6.45) is 2.17. The van der Waals surface area contributed by atoms with Crippen LogP contribution in [0.4, 0.5) is 0 Å². The highest BCUT2D eigenvalue weighted by molar-refractivity contribution is 5.36. The van der Waals surface area contributed by atoms with Gasteiger partial charge in [0.25, 0.3) is 0 Å². The number of aromatic amines is 1. The largest absolute Gasteiger partial charge is 0.348 e. The van der Waals surface area contributed by atoms with Gasteiger partial charge in [0.1, 0.15) is 6.33 Å². The van der Waals surface area contributed by atoms with E-state index in [2.05, 4.69) is 29.0 Å². The first-order valence-corrected chi connectivity index (χ1v) is 5.25. The molecule has 0 fully saturated rings. The van der Waals surface area contributed by atoms with Gasteiger partial charge < -0.3 is 5.73 Å². The minimum atomic E-state index is -0.276. The zero-order valence-corrected chi connectivity index (χ0v) is 9.34. The van der Waals surface area contributed by atoms with Gasteiger partial charge in [0.15, 0.2) is 5.65 Å². The minimum absolute atomic E-state index is 0.0700. The summed E-state index contributed by atoms with van der Waals surface area (Å²) in [5, 5.41) is 6.24. The van der Waals surface area contributed by atoms with Crippen LogP contribution in [0.1, 0.15) is 19.5 Å². The molecular weight excluding hydrogens is 206 g/mol. The standard InChI is InChI=1S/C10H15N5O/c1-6(2)8(11)3-7-4-9-13-14-10(16)15(9)5-12-7/h4-6,8H,3,11H2,1-2H3,(H,14,16). The van der Waals surface area contributed by atoms with Gasteiger partial charge in [-0.15, -0.1) is 0 Å². The monoisotopic (exact) mass is 221 g/mol. The zero-order valence-electron chi connectivity index (χ0n) is 9.34. The van der Waals surface area contributed by atoms with Gasteiger partial charge in [-0.1, -0.05) is 13.8 Å². The van der Waals surface area contributed by atoms with Gasteiger partial charge in [-0.05, 0) is 5.92 Å². The van der Waals surface area contributed by atoms with Crippen LogP contribution in [0.15, 0.2) is 17.2 Å². The molecule has 0 saturated carbocycles. The fourth-order valence-corrected chi connectivity index (χ4v) is 1.44. The molecule has 0 aliphatic heterocycles. The van der Waals surface area contributed by atoms with E-state index >= 15 is 0 Å². The van der Waals surface area contributed by atoms with Crippen molar-refractivity contribution < 1.29 is 0 Å². The Bertz CT molecular complexity index is 541. The van der Waals surface area contributed by atoms with E-state index in [1.54, 1.807) is 6.07 Å². The molecule has 1 atom stereocenters. The Morgan fingerprint density at radius 2 is 2.31 bits per heavy atom. The molecule has 2 rings (SSSR count). The maximum Gasteiger partial charge on any atom is 0.348 e. The number of aromatic nitrogens is 4. The van der Waals surface area contributed by atoms with Crippen molar-refractivity contribution in [2.24, 2.45) is 11.7 Å². The zero-order chi connectivity index (χ0) is 11.7. The summed E-state index contributed by atoms with van der Waals surface area (Å²) in [7, 11) is 0. The molecule has 0 aliphatic rings. The lowest BCUT2D eigenvalue weighted by atomic mass is 10.0.